The van der Waals surface area contributed by atoms with Crippen molar-refractivity contribution in [2.24, 2.45) is 5.41 Å². The van der Waals surface area contributed by atoms with Gasteiger partial charge in [0, 0.05) is 24.2 Å². The van der Waals surface area contributed by atoms with E-state index in [0.29, 0.717) is 18.5 Å². The number of halogens is 3. The van der Waals surface area contributed by atoms with Crippen LogP contribution < -0.4 is 10.1 Å². The van der Waals surface area contributed by atoms with E-state index in [-0.39, 0.29) is 17.2 Å². The van der Waals surface area contributed by atoms with Crippen molar-refractivity contribution in [2.45, 2.75) is 52.9 Å². The molecule has 3 nitrogen and oxygen atoms in total. The first-order valence-electron chi connectivity index (χ1n) is 7.26. The Hall–Kier alpha value is -1.27. The summed E-state index contributed by atoms with van der Waals surface area (Å²) in [5.41, 5.74) is 0.307. The van der Waals surface area contributed by atoms with E-state index < -0.39 is 18.5 Å². The molecule has 1 aromatic rings. The fourth-order valence-electron chi connectivity index (χ4n) is 2.48. The normalized spacial score (nSPS) is 15.0. The first kappa shape index (κ1) is 18.8. The zero-order valence-corrected chi connectivity index (χ0v) is 13.4. The molecule has 0 saturated carbocycles. The molecule has 2 unspecified atom stereocenters. The smallest absolute Gasteiger partial charge is 0.387 e. The Labute approximate surface area is 129 Å². The molecular weight excluding hydrogens is 295 g/mol. The van der Waals surface area contributed by atoms with Gasteiger partial charge in [-0.3, -0.25) is 0 Å². The average molecular weight is 319 g/mol. The zero-order chi connectivity index (χ0) is 16.9. The summed E-state index contributed by atoms with van der Waals surface area (Å²) >= 11 is 0. The second kappa shape index (κ2) is 7.83. The SMILES string of the molecule is CC(O)CC(C)(C)CNC(C)c1ccc(F)cc1OC(F)F. The molecule has 6 heteroatoms. The lowest BCUT2D eigenvalue weighted by Crippen LogP contribution is -2.33. The molecule has 22 heavy (non-hydrogen) atoms. The van der Waals surface area contributed by atoms with Crippen LogP contribution in [-0.4, -0.2) is 24.4 Å². The van der Waals surface area contributed by atoms with Crippen LogP contribution in [-0.2, 0) is 0 Å². The highest BCUT2D eigenvalue weighted by Crippen LogP contribution is 2.29. The van der Waals surface area contributed by atoms with Gasteiger partial charge in [0.05, 0.1) is 6.10 Å². The number of rotatable bonds is 8. The molecule has 0 spiro atoms. The van der Waals surface area contributed by atoms with Gasteiger partial charge in [0.2, 0.25) is 0 Å². The van der Waals surface area contributed by atoms with E-state index >= 15 is 0 Å². The van der Waals surface area contributed by atoms with Crippen molar-refractivity contribution in [1.82, 2.24) is 5.32 Å². The molecule has 0 aliphatic heterocycles. The summed E-state index contributed by atoms with van der Waals surface area (Å²) in [5.74, 6) is -0.788. The molecule has 1 aromatic carbocycles. The van der Waals surface area contributed by atoms with Crippen LogP contribution >= 0.6 is 0 Å². The summed E-state index contributed by atoms with van der Waals surface area (Å²) in [7, 11) is 0. The fourth-order valence-corrected chi connectivity index (χ4v) is 2.48. The number of nitrogens with one attached hydrogen (secondary N) is 1. The number of hydrogen-bond donors (Lipinski definition) is 2. The molecule has 0 fully saturated rings. The van der Waals surface area contributed by atoms with Crippen molar-refractivity contribution in [1.29, 1.82) is 0 Å². The van der Waals surface area contributed by atoms with Gasteiger partial charge in [-0.05, 0) is 31.7 Å². The average Bonchev–Trinajstić information content (AvgIpc) is 2.34. The monoisotopic (exact) mass is 319 g/mol. The number of aliphatic hydroxyl groups is 1. The van der Waals surface area contributed by atoms with Gasteiger partial charge in [-0.25, -0.2) is 4.39 Å². The minimum atomic E-state index is -3.00. The van der Waals surface area contributed by atoms with Gasteiger partial charge in [-0.15, -0.1) is 0 Å². The van der Waals surface area contributed by atoms with Gasteiger partial charge in [0.15, 0.2) is 0 Å². The van der Waals surface area contributed by atoms with Crippen molar-refractivity contribution >= 4 is 0 Å². The van der Waals surface area contributed by atoms with E-state index in [0.717, 1.165) is 6.07 Å². The first-order valence-corrected chi connectivity index (χ1v) is 7.26. The van der Waals surface area contributed by atoms with Crippen LogP contribution in [0, 0.1) is 11.2 Å². The van der Waals surface area contributed by atoms with Crippen molar-refractivity contribution in [3.8, 4) is 5.75 Å². The number of alkyl halides is 2. The highest BCUT2D eigenvalue weighted by molar-refractivity contribution is 5.36. The molecule has 0 aliphatic carbocycles. The lowest BCUT2D eigenvalue weighted by atomic mass is 9.86. The predicted octanol–water partition coefficient (Wildman–Crippen LogP) is 3.87. The molecule has 0 amide bonds. The van der Waals surface area contributed by atoms with Crippen LogP contribution in [0.15, 0.2) is 18.2 Å². The maximum absolute atomic E-state index is 13.2. The summed E-state index contributed by atoms with van der Waals surface area (Å²) in [6.07, 6.45) is 0.187. The largest absolute Gasteiger partial charge is 0.434 e. The van der Waals surface area contributed by atoms with Crippen LogP contribution in [0.5, 0.6) is 5.75 Å². The number of aliphatic hydroxyl groups excluding tert-OH is 1. The van der Waals surface area contributed by atoms with E-state index in [2.05, 4.69) is 10.1 Å². The van der Waals surface area contributed by atoms with Gasteiger partial charge in [0.1, 0.15) is 11.6 Å². The fraction of sp³-hybridized carbons (Fsp3) is 0.625. The summed E-state index contributed by atoms with van der Waals surface area (Å²) < 4.78 is 42.4. The topological polar surface area (TPSA) is 41.5 Å². The Morgan fingerprint density at radius 3 is 2.45 bits per heavy atom. The molecule has 1 rings (SSSR count). The van der Waals surface area contributed by atoms with Gasteiger partial charge in [0.25, 0.3) is 0 Å². The predicted molar refractivity (Wildman–Crippen MR) is 79.5 cm³/mol. The van der Waals surface area contributed by atoms with E-state index in [1.807, 2.05) is 13.8 Å². The molecule has 0 aromatic heterocycles. The van der Waals surface area contributed by atoms with Crippen LogP contribution in [0.4, 0.5) is 13.2 Å². The third-order valence-electron chi connectivity index (χ3n) is 3.39. The summed E-state index contributed by atoms with van der Waals surface area (Å²) in [5, 5.41) is 12.7. The molecule has 0 bridgehead atoms. The van der Waals surface area contributed by atoms with Crippen LogP contribution in [0.1, 0.15) is 45.7 Å². The van der Waals surface area contributed by atoms with Crippen molar-refractivity contribution < 1.29 is 23.0 Å². The van der Waals surface area contributed by atoms with E-state index in [1.165, 1.54) is 12.1 Å². The highest BCUT2D eigenvalue weighted by atomic mass is 19.3. The molecule has 126 valence electrons. The van der Waals surface area contributed by atoms with Gasteiger partial charge in [-0.1, -0.05) is 19.9 Å². The number of ether oxygens (including phenoxy) is 1. The standard InChI is InChI=1S/C16H24F3NO2/c1-10(21)8-16(3,4)9-20-11(2)13-6-5-12(17)7-14(13)22-15(18)19/h5-7,10-11,15,20-21H,8-9H2,1-4H3. The number of benzene rings is 1. The van der Waals surface area contributed by atoms with Gasteiger partial charge in [-0.2, -0.15) is 8.78 Å². The third-order valence-corrected chi connectivity index (χ3v) is 3.39. The van der Waals surface area contributed by atoms with Gasteiger partial charge >= 0.3 is 6.61 Å². The minimum Gasteiger partial charge on any atom is -0.434 e. The van der Waals surface area contributed by atoms with Crippen LogP contribution in [0.25, 0.3) is 0 Å². The molecule has 2 N–H and O–H groups in total. The highest BCUT2D eigenvalue weighted by Gasteiger charge is 2.22. The van der Waals surface area contributed by atoms with Crippen molar-refractivity contribution in [3.05, 3.63) is 29.6 Å². The lowest BCUT2D eigenvalue weighted by Gasteiger charge is -2.29. The second-order valence-corrected chi connectivity index (χ2v) is 6.38. The Morgan fingerprint density at radius 1 is 1.27 bits per heavy atom. The molecule has 0 saturated heterocycles. The Balaban J connectivity index is 2.78. The van der Waals surface area contributed by atoms with Crippen molar-refractivity contribution in [2.75, 3.05) is 6.54 Å². The molecular formula is C16H24F3NO2. The maximum Gasteiger partial charge on any atom is 0.387 e. The first-order chi connectivity index (χ1) is 10.1. The molecule has 0 radical (unpaired) electrons. The molecule has 2 atom stereocenters. The molecule has 0 aliphatic rings. The third kappa shape index (κ3) is 6.23. The Morgan fingerprint density at radius 2 is 1.91 bits per heavy atom. The molecule has 0 heterocycles. The lowest BCUT2D eigenvalue weighted by molar-refractivity contribution is -0.0508. The van der Waals surface area contributed by atoms with Crippen LogP contribution in [0.3, 0.4) is 0 Å². The maximum atomic E-state index is 13.2. The Kier molecular flexibility index (Phi) is 6.68. The van der Waals surface area contributed by atoms with E-state index in [4.69, 9.17) is 0 Å². The number of hydrogen-bond acceptors (Lipinski definition) is 3. The second-order valence-electron chi connectivity index (χ2n) is 6.38. The minimum absolute atomic E-state index is 0.161. The summed E-state index contributed by atoms with van der Waals surface area (Å²) in [6.45, 7) is 5.09. The quantitative estimate of drug-likeness (QED) is 0.764. The van der Waals surface area contributed by atoms with Gasteiger partial charge < -0.3 is 15.2 Å². The van der Waals surface area contributed by atoms with Crippen molar-refractivity contribution in [3.63, 3.8) is 0 Å². The van der Waals surface area contributed by atoms with Crippen LogP contribution in [0.2, 0.25) is 0 Å². The summed E-state index contributed by atoms with van der Waals surface area (Å²) in [4.78, 5) is 0. The Bertz CT molecular complexity index is 478. The zero-order valence-electron chi connectivity index (χ0n) is 13.4. The van der Waals surface area contributed by atoms with E-state index in [9.17, 15) is 18.3 Å². The van der Waals surface area contributed by atoms with E-state index in [1.54, 1.807) is 13.8 Å². The summed E-state index contributed by atoms with van der Waals surface area (Å²) in [6, 6.07) is 3.32.